The van der Waals surface area contributed by atoms with Crippen molar-refractivity contribution in [3.8, 4) is 0 Å². The van der Waals surface area contributed by atoms with Gasteiger partial charge < -0.3 is 10.8 Å². The van der Waals surface area contributed by atoms with Crippen molar-refractivity contribution in [2.24, 2.45) is 0 Å². The molecule has 0 aromatic heterocycles. The molecule has 0 aliphatic heterocycles. The largest absolute Gasteiger partial charge is 0.301 e. The molecule has 34 valence electrons. The third-order valence-corrected chi connectivity index (χ3v) is 1.37. The summed E-state index contributed by atoms with van der Waals surface area (Å²) in [6, 6.07) is 0. The maximum atomic E-state index is 6.42. The molecular weight excluding hydrogens is 116 g/mol. The van der Waals surface area contributed by atoms with Gasteiger partial charge in [-0.05, 0) is 21.6 Å². The summed E-state index contributed by atoms with van der Waals surface area (Å²) in [5, 5.41) is 12.8. The zero-order valence-electron chi connectivity index (χ0n) is 2.97. The Hall–Kier alpha value is 0.0400. The second kappa shape index (κ2) is 5.04. The standard InChI is InChI=1S/C2H4N2S2/c3-1-5-6-2-4/h1-4H. The van der Waals surface area contributed by atoms with E-state index in [0.717, 1.165) is 0 Å². The van der Waals surface area contributed by atoms with Crippen LogP contribution in [-0.2, 0) is 0 Å². The van der Waals surface area contributed by atoms with Crippen molar-refractivity contribution in [1.82, 2.24) is 0 Å². The third-order valence-electron chi connectivity index (χ3n) is 0.152. The van der Waals surface area contributed by atoms with Crippen LogP contribution in [0.25, 0.3) is 0 Å². The van der Waals surface area contributed by atoms with Crippen LogP contribution in [0, 0.1) is 10.8 Å². The van der Waals surface area contributed by atoms with E-state index in [0.29, 0.717) is 0 Å². The monoisotopic (exact) mass is 120 g/mol. The second-order valence-corrected chi connectivity index (χ2v) is 2.44. The second-order valence-electron chi connectivity index (χ2n) is 0.428. The van der Waals surface area contributed by atoms with Gasteiger partial charge in [0.1, 0.15) is 0 Å². The van der Waals surface area contributed by atoms with Crippen LogP contribution in [-0.4, -0.2) is 11.1 Å². The first-order valence-corrected chi connectivity index (χ1v) is 3.49. The van der Waals surface area contributed by atoms with Gasteiger partial charge in [-0.15, -0.1) is 0 Å². The van der Waals surface area contributed by atoms with Gasteiger partial charge in [0.25, 0.3) is 0 Å². The topological polar surface area (TPSA) is 47.7 Å². The Morgan fingerprint density at radius 3 is 1.50 bits per heavy atom. The highest BCUT2D eigenvalue weighted by Crippen LogP contribution is 2.12. The van der Waals surface area contributed by atoms with Gasteiger partial charge in [0.05, 0.1) is 11.1 Å². The van der Waals surface area contributed by atoms with E-state index in [1.807, 2.05) is 0 Å². The highest BCUT2D eigenvalue weighted by molar-refractivity contribution is 8.86. The Labute approximate surface area is 44.1 Å². The molecule has 0 saturated carbocycles. The highest BCUT2D eigenvalue weighted by atomic mass is 33.1. The summed E-state index contributed by atoms with van der Waals surface area (Å²) in [5.41, 5.74) is 2.38. The van der Waals surface area contributed by atoms with Gasteiger partial charge >= 0.3 is 0 Å². The molecule has 6 heavy (non-hydrogen) atoms. The van der Waals surface area contributed by atoms with Gasteiger partial charge in [0.15, 0.2) is 0 Å². The Bertz CT molecular complexity index is 45.5. The van der Waals surface area contributed by atoms with Crippen molar-refractivity contribution in [2.45, 2.75) is 0 Å². The van der Waals surface area contributed by atoms with Crippen molar-refractivity contribution < 1.29 is 0 Å². The summed E-state index contributed by atoms with van der Waals surface area (Å²) in [7, 11) is 2.45. The number of hydrogen-bond acceptors (Lipinski definition) is 4. The van der Waals surface area contributed by atoms with Crippen LogP contribution < -0.4 is 0 Å². The van der Waals surface area contributed by atoms with Gasteiger partial charge in [-0.1, -0.05) is 0 Å². The van der Waals surface area contributed by atoms with Crippen LogP contribution >= 0.6 is 21.6 Å². The third kappa shape index (κ3) is 4.04. The summed E-state index contributed by atoms with van der Waals surface area (Å²) in [5.74, 6) is 0. The molecule has 0 aliphatic rings. The minimum absolute atomic E-state index is 1.19. The van der Waals surface area contributed by atoms with Gasteiger partial charge in [-0.2, -0.15) is 0 Å². The molecule has 0 aromatic rings. The van der Waals surface area contributed by atoms with Gasteiger partial charge in [0.2, 0.25) is 0 Å². The fraction of sp³-hybridized carbons (Fsp3) is 0. The van der Waals surface area contributed by atoms with Crippen LogP contribution in [0.5, 0.6) is 0 Å². The Morgan fingerprint density at radius 2 is 1.33 bits per heavy atom. The average Bonchev–Trinajstić information content (AvgIpc) is 1.61. The minimum atomic E-state index is 1.19. The van der Waals surface area contributed by atoms with Crippen LogP contribution in [0.3, 0.4) is 0 Å². The highest BCUT2D eigenvalue weighted by Gasteiger charge is 1.69. The van der Waals surface area contributed by atoms with E-state index in [1.165, 1.54) is 32.7 Å². The van der Waals surface area contributed by atoms with Crippen molar-refractivity contribution in [2.75, 3.05) is 0 Å². The van der Waals surface area contributed by atoms with Gasteiger partial charge in [-0.25, -0.2) is 0 Å². The average molecular weight is 120 g/mol. The molecule has 2 N–H and O–H groups in total. The molecule has 4 heteroatoms. The van der Waals surface area contributed by atoms with E-state index in [-0.39, 0.29) is 0 Å². The molecular formula is C2H4N2S2. The van der Waals surface area contributed by atoms with Gasteiger partial charge in [-0.3, -0.25) is 0 Å². The zero-order valence-corrected chi connectivity index (χ0v) is 4.60. The first kappa shape index (κ1) is 6.04. The summed E-state index contributed by atoms with van der Waals surface area (Å²) in [6.45, 7) is 0. The molecule has 0 bridgehead atoms. The van der Waals surface area contributed by atoms with Crippen LogP contribution in [0.2, 0.25) is 0 Å². The van der Waals surface area contributed by atoms with E-state index in [9.17, 15) is 0 Å². The van der Waals surface area contributed by atoms with E-state index in [4.69, 9.17) is 10.8 Å². The number of nitrogens with one attached hydrogen (secondary N) is 2. The van der Waals surface area contributed by atoms with E-state index >= 15 is 0 Å². The fourth-order valence-corrected chi connectivity index (χ4v) is 0.500. The summed E-state index contributed by atoms with van der Waals surface area (Å²) in [6.07, 6.45) is 0. The van der Waals surface area contributed by atoms with Crippen molar-refractivity contribution in [1.29, 1.82) is 10.8 Å². The normalized spacial score (nSPS) is 7.33. The predicted molar refractivity (Wildman–Crippen MR) is 32.7 cm³/mol. The lowest BCUT2D eigenvalue weighted by Crippen LogP contribution is -1.48. The molecule has 0 aromatic carbocycles. The predicted octanol–water partition coefficient (Wildman–Crippen LogP) is 1.58. The summed E-state index contributed by atoms with van der Waals surface area (Å²) in [4.78, 5) is 0. The van der Waals surface area contributed by atoms with Crippen molar-refractivity contribution in [3.05, 3.63) is 0 Å². The maximum Gasteiger partial charge on any atom is 0.0618 e. The molecule has 0 amide bonds. The lowest BCUT2D eigenvalue weighted by Gasteiger charge is -1.73. The molecule has 0 spiro atoms. The van der Waals surface area contributed by atoms with E-state index in [2.05, 4.69) is 0 Å². The van der Waals surface area contributed by atoms with Crippen LogP contribution in [0.15, 0.2) is 0 Å². The van der Waals surface area contributed by atoms with Crippen LogP contribution in [0.1, 0.15) is 0 Å². The van der Waals surface area contributed by atoms with Crippen LogP contribution in [0.4, 0.5) is 0 Å². The SMILES string of the molecule is N=CSSC=N. The first-order valence-electron chi connectivity index (χ1n) is 1.22. The number of rotatable bonds is 3. The molecule has 0 aliphatic carbocycles. The maximum absolute atomic E-state index is 6.42. The molecule has 0 atom stereocenters. The molecule has 2 nitrogen and oxygen atoms in total. The summed E-state index contributed by atoms with van der Waals surface area (Å²) >= 11 is 0. The Balaban J connectivity index is 2.66. The fourth-order valence-electron chi connectivity index (χ4n) is 0.0556. The quantitative estimate of drug-likeness (QED) is 0.257. The molecule has 0 heterocycles. The van der Waals surface area contributed by atoms with Gasteiger partial charge in [0, 0.05) is 0 Å². The zero-order chi connectivity index (χ0) is 4.83. The molecule has 0 saturated heterocycles. The minimum Gasteiger partial charge on any atom is -0.301 e. The molecule has 0 rings (SSSR count). The lowest BCUT2D eigenvalue weighted by atomic mass is 11.7. The molecule has 0 radical (unpaired) electrons. The summed E-state index contributed by atoms with van der Waals surface area (Å²) < 4.78 is 0. The first-order chi connectivity index (χ1) is 2.91. The Morgan fingerprint density at radius 1 is 1.00 bits per heavy atom. The van der Waals surface area contributed by atoms with Crippen molar-refractivity contribution in [3.63, 3.8) is 0 Å². The molecule has 0 fully saturated rings. The van der Waals surface area contributed by atoms with E-state index < -0.39 is 0 Å². The smallest absolute Gasteiger partial charge is 0.0618 e. The van der Waals surface area contributed by atoms with Crippen molar-refractivity contribution >= 4 is 32.7 Å². The number of hydrogen-bond donors (Lipinski definition) is 2. The van der Waals surface area contributed by atoms with E-state index in [1.54, 1.807) is 0 Å². The lowest BCUT2D eigenvalue weighted by molar-refractivity contribution is 1.60. The molecule has 0 unspecified atom stereocenters. The Kier molecular flexibility index (Phi) is 5.07.